The number of esters is 1. The SMILES string of the molecule is CNC1(C(=O)OC)CCC(N(C)CCc2ccccc2)C1. The van der Waals surface area contributed by atoms with Crippen molar-refractivity contribution in [2.24, 2.45) is 0 Å². The van der Waals surface area contributed by atoms with E-state index in [2.05, 4.69) is 41.5 Å². The van der Waals surface area contributed by atoms with Crippen LogP contribution >= 0.6 is 0 Å². The highest BCUT2D eigenvalue weighted by Crippen LogP contribution is 2.33. The number of carbonyl (C=O) groups is 1. The first-order valence-electron chi connectivity index (χ1n) is 7.63. The zero-order valence-corrected chi connectivity index (χ0v) is 13.3. The van der Waals surface area contributed by atoms with Crippen LogP contribution in [0.2, 0.25) is 0 Å². The van der Waals surface area contributed by atoms with Gasteiger partial charge in [-0.15, -0.1) is 0 Å². The molecular formula is C17H26N2O2. The standard InChI is InChI=1S/C17H26N2O2/c1-18-17(16(20)21-3)11-9-15(13-17)19(2)12-10-14-7-5-4-6-8-14/h4-8,15,18H,9-13H2,1-3H3. The van der Waals surface area contributed by atoms with Crippen molar-refractivity contribution in [1.82, 2.24) is 10.2 Å². The molecule has 0 radical (unpaired) electrons. The number of hydrogen-bond donors (Lipinski definition) is 1. The van der Waals surface area contributed by atoms with E-state index in [1.165, 1.54) is 12.7 Å². The number of hydrogen-bond acceptors (Lipinski definition) is 4. The summed E-state index contributed by atoms with van der Waals surface area (Å²) in [5, 5.41) is 3.19. The van der Waals surface area contributed by atoms with Crippen LogP contribution in [0.3, 0.4) is 0 Å². The molecule has 4 nitrogen and oxygen atoms in total. The molecule has 1 saturated carbocycles. The van der Waals surface area contributed by atoms with Gasteiger partial charge in [0.1, 0.15) is 5.54 Å². The van der Waals surface area contributed by atoms with Crippen molar-refractivity contribution in [3.8, 4) is 0 Å². The van der Waals surface area contributed by atoms with E-state index >= 15 is 0 Å². The maximum absolute atomic E-state index is 12.0. The van der Waals surface area contributed by atoms with E-state index in [1.807, 2.05) is 13.1 Å². The van der Waals surface area contributed by atoms with E-state index in [-0.39, 0.29) is 5.97 Å². The largest absolute Gasteiger partial charge is 0.468 e. The molecular weight excluding hydrogens is 264 g/mol. The van der Waals surface area contributed by atoms with Crippen LogP contribution in [-0.4, -0.2) is 50.2 Å². The molecule has 2 atom stereocenters. The smallest absolute Gasteiger partial charge is 0.326 e. The predicted molar refractivity (Wildman–Crippen MR) is 84.2 cm³/mol. The van der Waals surface area contributed by atoms with Gasteiger partial charge in [0.05, 0.1) is 7.11 Å². The number of rotatable bonds is 6. The Bertz CT molecular complexity index is 463. The van der Waals surface area contributed by atoms with Crippen LogP contribution in [0.5, 0.6) is 0 Å². The van der Waals surface area contributed by atoms with E-state index in [0.29, 0.717) is 6.04 Å². The molecule has 0 bridgehead atoms. The average molecular weight is 290 g/mol. The van der Waals surface area contributed by atoms with E-state index < -0.39 is 5.54 Å². The Labute approximate surface area is 127 Å². The molecule has 0 amide bonds. The maximum Gasteiger partial charge on any atom is 0.326 e. The lowest BCUT2D eigenvalue weighted by molar-refractivity contribution is -0.148. The summed E-state index contributed by atoms with van der Waals surface area (Å²) in [5.74, 6) is -0.135. The van der Waals surface area contributed by atoms with Crippen molar-refractivity contribution < 1.29 is 9.53 Å². The fourth-order valence-electron chi connectivity index (χ4n) is 3.24. The normalized spacial score (nSPS) is 25.2. The van der Waals surface area contributed by atoms with Gasteiger partial charge in [-0.2, -0.15) is 0 Å². The summed E-state index contributed by atoms with van der Waals surface area (Å²) in [5.41, 5.74) is 0.857. The van der Waals surface area contributed by atoms with Crippen LogP contribution in [0, 0.1) is 0 Å². The Morgan fingerprint density at radius 2 is 2.14 bits per heavy atom. The molecule has 0 heterocycles. The van der Waals surface area contributed by atoms with E-state index in [9.17, 15) is 4.79 Å². The van der Waals surface area contributed by atoms with Crippen molar-refractivity contribution in [1.29, 1.82) is 0 Å². The summed E-state index contributed by atoms with van der Waals surface area (Å²) < 4.78 is 4.97. The molecule has 1 aliphatic carbocycles. The number of methoxy groups -OCH3 is 1. The van der Waals surface area contributed by atoms with Gasteiger partial charge in [0, 0.05) is 12.6 Å². The molecule has 2 unspecified atom stereocenters. The molecule has 4 heteroatoms. The molecule has 116 valence electrons. The molecule has 0 aromatic heterocycles. The Morgan fingerprint density at radius 1 is 1.43 bits per heavy atom. The zero-order chi connectivity index (χ0) is 15.3. The highest BCUT2D eigenvalue weighted by atomic mass is 16.5. The summed E-state index contributed by atoms with van der Waals surface area (Å²) >= 11 is 0. The average Bonchev–Trinajstić information content (AvgIpc) is 2.98. The van der Waals surface area contributed by atoms with Crippen molar-refractivity contribution in [3.63, 3.8) is 0 Å². The van der Waals surface area contributed by atoms with Crippen molar-refractivity contribution >= 4 is 5.97 Å². The molecule has 1 aliphatic rings. The molecule has 1 fully saturated rings. The predicted octanol–water partition coefficient (Wildman–Crippen LogP) is 1.84. The van der Waals surface area contributed by atoms with Gasteiger partial charge < -0.3 is 15.0 Å². The molecule has 0 spiro atoms. The number of nitrogens with one attached hydrogen (secondary N) is 1. The van der Waals surface area contributed by atoms with Gasteiger partial charge in [-0.1, -0.05) is 30.3 Å². The minimum atomic E-state index is -0.500. The van der Waals surface area contributed by atoms with Crippen LogP contribution in [0.25, 0.3) is 0 Å². The van der Waals surface area contributed by atoms with Crippen LogP contribution in [-0.2, 0) is 16.0 Å². The molecule has 1 aromatic rings. The van der Waals surface area contributed by atoms with Crippen molar-refractivity contribution in [2.45, 2.75) is 37.3 Å². The van der Waals surface area contributed by atoms with Crippen molar-refractivity contribution in [3.05, 3.63) is 35.9 Å². The Hall–Kier alpha value is -1.39. The summed E-state index contributed by atoms with van der Waals surface area (Å²) in [4.78, 5) is 14.4. The number of ether oxygens (including phenoxy) is 1. The van der Waals surface area contributed by atoms with Crippen LogP contribution in [0.15, 0.2) is 30.3 Å². The number of nitrogens with zero attached hydrogens (tertiary/aromatic N) is 1. The molecule has 1 aromatic carbocycles. The second-order valence-corrected chi connectivity index (χ2v) is 5.94. The third-order valence-corrected chi connectivity index (χ3v) is 4.76. The van der Waals surface area contributed by atoms with Gasteiger partial charge in [-0.25, -0.2) is 0 Å². The maximum atomic E-state index is 12.0. The fourth-order valence-corrected chi connectivity index (χ4v) is 3.24. The number of likely N-dealkylation sites (N-methyl/N-ethyl adjacent to an activating group) is 2. The molecule has 0 aliphatic heterocycles. The molecule has 2 rings (SSSR count). The summed E-state index contributed by atoms with van der Waals surface area (Å²) in [6.07, 6.45) is 3.73. The van der Waals surface area contributed by atoms with Gasteiger partial charge in [0.15, 0.2) is 0 Å². The molecule has 0 saturated heterocycles. The van der Waals surface area contributed by atoms with Crippen LogP contribution < -0.4 is 5.32 Å². The van der Waals surface area contributed by atoms with Gasteiger partial charge in [0.2, 0.25) is 0 Å². The Kier molecular flexibility index (Phi) is 5.37. The van der Waals surface area contributed by atoms with Gasteiger partial charge in [0.25, 0.3) is 0 Å². The van der Waals surface area contributed by atoms with Gasteiger partial charge >= 0.3 is 5.97 Å². The quantitative estimate of drug-likeness (QED) is 0.812. The Balaban J connectivity index is 1.90. The lowest BCUT2D eigenvalue weighted by Gasteiger charge is -2.28. The minimum Gasteiger partial charge on any atom is -0.468 e. The van der Waals surface area contributed by atoms with E-state index in [0.717, 1.165) is 32.2 Å². The van der Waals surface area contributed by atoms with Crippen LogP contribution in [0.4, 0.5) is 0 Å². The fraction of sp³-hybridized carbons (Fsp3) is 0.588. The van der Waals surface area contributed by atoms with Crippen molar-refractivity contribution in [2.75, 3.05) is 27.7 Å². The number of carbonyl (C=O) groups excluding carboxylic acids is 1. The molecule has 21 heavy (non-hydrogen) atoms. The second-order valence-electron chi connectivity index (χ2n) is 5.94. The first-order chi connectivity index (χ1) is 10.1. The summed E-state index contributed by atoms with van der Waals surface area (Å²) in [6.45, 7) is 1.01. The lowest BCUT2D eigenvalue weighted by atomic mass is 9.97. The summed E-state index contributed by atoms with van der Waals surface area (Å²) in [6, 6.07) is 11.0. The second kappa shape index (κ2) is 7.05. The third-order valence-electron chi connectivity index (χ3n) is 4.76. The van der Waals surface area contributed by atoms with Crippen LogP contribution in [0.1, 0.15) is 24.8 Å². The highest BCUT2D eigenvalue weighted by Gasteiger charge is 2.46. The lowest BCUT2D eigenvalue weighted by Crippen LogP contribution is -2.50. The van der Waals surface area contributed by atoms with Gasteiger partial charge in [-0.05, 0) is 45.3 Å². The monoisotopic (exact) mass is 290 g/mol. The van der Waals surface area contributed by atoms with Gasteiger partial charge in [-0.3, -0.25) is 4.79 Å². The first kappa shape index (κ1) is 16.0. The Morgan fingerprint density at radius 3 is 2.76 bits per heavy atom. The number of benzene rings is 1. The molecule has 1 N–H and O–H groups in total. The topological polar surface area (TPSA) is 41.6 Å². The van der Waals surface area contributed by atoms with E-state index in [4.69, 9.17) is 4.74 Å². The summed E-state index contributed by atoms with van der Waals surface area (Å²) in [7, 11) is 5.47. The first-order valence-corrected chi connectivity index (χ1v) is 7.63. The zero-order valence-electron chi connectivity index (χ0n) is 13.3. The third kappa shape index (κ3) is 3.63. The minimum absolute atomic E-state index is 0.135. The highest BCUT2D eigenvalue weighted by molar-refractivity contribution is 5.81. The van der Waals surface area contributed by atoms with E-state index in [1.54, 1.807) is 0 Å².